The van der Waals surface area contributed by atoms with Crippen molar-refractivity contribution < 1.29 is 19.1 Å². The van der Waals surface area contributed by atoms with Crippen LogP contribution in [0.1, 0.15) is 50.4 Å². The molecule has 0 bridgehead atoms. The normalized spacial score (nSPS) is 14.9. The highest BCUT2D eigenvalue weighted by atomic mass is 16.5. The Bertz CT molecular complexity index is 860. The molecule has 0 atom stereocenters. The van der Waals surface area contributed by atoms with Gasteiger partial charge in [-0.3, -0.25) is 10.1 Å². The Balaban J connectivity index is 1.49. The van der Waals surface area contributed by atoms with Crippen LogP contribution in [-0.4, -0.2) is 45.5 Å². The number of aryl methyl sites for hydroxylation is 1. The molecule has 0 radical (unpaired) electrons. The van der Waals surface area contributed by atoms with Crippen LogP contribution in [0.5, 0.6) is 0 Å². The number of nitrogens with zero attached hydrogens (tertiary/aromatic N) is 3. The van der Waals surface area contributed by atoms with Crippen LogP contribution >= 0.6 is 0 Å². The highest BCUT2D eigenvalue weighted by Crippen LogP contribution is 2.25. The molecule has 30 heavy (non-hydrogen) atoms. The molecule has 3 rings (SSSR count). The standard InChI is InChI=1S/C21H29N5O4/c1-21(2,24-20(28)30-14-15-7-5-4-6-8-15)13-17(27)22-19-23-18(25-26(19)3)16-9-11-29-12-10-16/h4-8,16H,9-14H2,1-3H3,(H,24,28)(H,22,23,25,27). The number of carbonyl (C=O) groups is 2. The first-order valence-electron chi connectivity index (χ1n) is 10.1. The van der Waals surface area contributed by atoms with Crippen molar-refractivity contribution in [2.24, 2.45) is 7.05 Å². The van der Waals surface area contributed by atoms with E-state index in [0.29, 0.717) is 19.2 Å². The van der Waals surface area contributed by atoms with E-state index in [-0.39, 0.29) is 24.9 Å². The smallest absolute Gasteiger partial charge is 0.407 e. The molecular formula is C21H29N5O4. The van der Waals surface area contributed by atoms with Crippen molar-refractivity contribution in [3.8, 4) is 0 Å². The maximum absolute atomic E-state index is 12.5. The van der Waals surface area contributed by atoms with E-state index in [9.17, 15) is 9.59 Å². The lowest BCUT2D eigenvalue weighted by molar-refractivity contribution is -0.117. The van der Waals surface area contributed by atoms with Crippen LogP contribution in [0.3, 0.4) is 0 Å². The molecule has 9 heteroatoms. The summed E-state index contributed by atoms with van der Waals surface area (Å²) in [5, 5.41) is 9.95. The first-order chi connectivity index (χ1) is 14.3. The van der Waals surface area contributed by atoms with Crippen molar-refractivity contribution in [3.63, 3.8) is 0 Å². The molecule has 0 aliphatic carbocycles. The highest BCUT2D eigenvalue weighted by molar-refractivity contribution is 5.90. The van der Waals surface area contributed by atoms with Crippen LogP contribution in [-0.2, 0) is 27.9 Å². The summed E-state index contributed by atoms with van der Waals surface area (Å²) >= 11 is 0. The molecular weight excluding hydrogens is 386 g/mol. The third kappa shape index (κ3) is 6.28. The number of rotatable bonds is 7. The number of amides is 2. The molecule has 2 heterocycles. The lowest BCUT2D eigenvalue weighted by Crippen LogP contribution is -2.46. The van der Waals surface area contributed by atoms with Crippen LogP contribution in [0.4, 0.5) is 10.7 Å². The summed E-state index contributed by atoms with van der Waals surface area (Å²) in [6.45, 7) is 5.10. The van der Waals surface area contributed by atoms with E-state index in [2.05, 4.69) is 20.7 Å². The molecule has 162 valence electrons. The van der Waals surface area contributed by atoms with E-state index in [1.807, 2.05) is 30.3 Å². The SMILES string of the molecule is Cn1nc(C2CCOCC2)nc1NC(=O)CC(C)(C)NC(=O)OCc1ccccc1. The van der Waals surface area contributed by atoms with E-state index in [1.165, 1.54) is 0 Å². The number of anilines is 1. The number of alkyl carbamates (subject to hydrolysis) is 1. The predicted molar refractivity (Wildman–Crippen MR) is 111 cm³/mol. The zero-order chi connectivity index (χ0) is 21.6. The van der Waals surface area contributed by atoms with E-state index < -0.39 is 11.6 Å². The summed E-state index contributed by atoms with van der Waals surface area (Å²) in [6, 6.07) is 9.41. The van der Waals surface area contributed by atoms with Crippen molar-refractivity contribution in [1.29, 1.82) is 0 Å². The Kier molecular flexibility index (Phi) is 7.04. The van der Waals surface area contributed by atoms with Crippen molar-refractivity contribution in [3.05, 3.63) is 41.7 Å². The largest absolute Gasteiger partial charge is 0.445 e. The zero-order valence-corrected chi connectivity index (χ0v) is 17.7. The van der Waals surface area contributed by atoms with Gasteiger partial charge in [-0.25, -0.2) is 9.48 Å². The first-order valence-corrected chi connectivity index (χ1v) is 10.1. The fourth-order valence-corrected chi connectivity index (χ4v) is 3.29. The maximum atomic E-state index is 12.5. The summed E-state index contributed by atoms with van der Waals surface area (Å²) in [4.78, 5) is 29.1. The van der Waals surface area contributed by atoms with Gasteiger partial charge in [0.05, 0.1) is 0 Å². The number of hydrogen-bond acceptors (Lipinski definition) is 6. The van der Waals surface area contributed by atoms with Gasteiger partial charge in [-0.15, -0.1) is 0 Å². The molecule has 1 aromatic heterocycles. The lowest BCUT2D eigenvalue weighted by atomic mass is 10.00. The monoisotopic (exact) mass is 415 g/mol. The van der Waals surface area contributed by atoms with Crippen LogP contribution in [0, 0.1) is 0 Å². The Morgan fingerprint density at radius 3 is 2.63 bits per heavy atom. The summed E-state index contributed by atoms with van der Waals surface area (Å²) in [5.74, 6) is 1.09. The van der Waals surface area contributed by atoms with Gasteiger partial charge < -0.3 is 14.8 Å². The van der Waals surface area contributed by atoms with Gasteiger partial charge in [-0.2, -0.15) is 10.1 Å². The molecule has 1 saturated heterocycles. The molecule has 0 saturated carbocycles. The van der Waals surface area contributed by atoms with Crippen molar-refractivity contribution in [2.45, 2.75) is 51.2 Å². The highest BCUT2D eigenvalue weighted by Gasteiger charge is 2.27. The Morgan fingerprint density at radius 2 is 1.93 bits per heavy atom. The van der Waals surface area contributed by atoms with Crippen LogP contribution in [0.15, 0.2) is 30.3 Å². The van der Waals surface area contributed by atoms with E-state index in [0.717, 1.165) is 24.2 Å². The minimum Gasteiger partial charge on any atom is -0.445 e. The Labute approximate surface area is 176 Å². The van der Waals surface area contributed by atoms with Crippen LogP contribution < -0.4 is 10.6 Å². The zero-order valence-electron chi connectivity index (χ0n) is 17.7. The molecule has 1 aromatic carbocycles. The molecule has 1 aliphatic rings. The summed E-state index contributed by atoms with van der Waals surface area (Å²) in [6.07, 6.45) is 1.24. The molecule has 2 N–H and O–H groups in total. The first kappa shape index (κ1) is 21.8. The maximum Gasteiger partial charge on any atom is 0.407 e. The van der Waals surface area contributed by atoms with Gasteiger partial charge in [0, 0.05) is 38.1 Å². The number of benzene rings is 1. The summed E-state index contributed by atoms with van der Waals surface area (Å²) in [5.41, 5.74) is 0.103. The summed E-state index contributed by atoms with van der Waals surface area (Å²) < 4.78 is 12.2. The molecule has 2 aromatic rings. The quantitative estimate of drug-likeness (QED) is 0.720. The fraction of sp³-hybridized carbons (Fsp3) is 0.524. The Morgan fingerprint density at radius 1 is 1.23 bits per heavy atom. The number of ether oxygens (including phenoxy) is 2. The second-order valence-electron chi connectivity index (χ2n) is 8.10. The van der Waals surface area contributed by atoms with Gasteiger partial charge in [0.15, 0.2) is 5.82 Å². The molecule has 0 unspecified atom stereocenters. The van der Waals surface area contributed by atoms with E-state index in [1.54, 1.807) is 25.6 Å². The molecule has 2 amide bonds. The molecule has 0 spiro atoms. The molecule has 1 fully saturated rings. The average molecular weight is 415 g/mol. The van der Waals surface area contributed by atoms with Gasteiger partial charge >= 0.3 is 6.09 Å². The summed E-state index contributed by atoms with van der Waals surface area (Å²) in [7, 11) is 1.75. The van der Waals surface area contributed by atoms with Gasteiger partial charge in [0.2, 0.25) is 11.9 Å². The minimum atomic E-state index is -0.792. The number of hydrogen-bond donors (Lipinski definition) is 2. The third-order valence-electron chi connectivity index (χ3n) is 4.87. The number of aromatic nitrogens is 3. The van der Waals surface area contributed by atoms with Gasteiger partial charge in [0.25, 0.3) is 0 Å². The molecule has 9 nitrogen and oxygen atoms in total. The Hall–Kier alpha value is -2.94. The van der Waals surface area contributed by atoms with E-state index in [4.69, 9.17) is 9.47 Å². The average Bonchev–Trinajstić information content (AvgIpc) is 3.07. The van der Waals surface area contributed by atoms with Crippen molar-refractivity contribution in [1.82, 2.24) is 20.1 Å². The number of nitrogens with one attached hydrogen (secondary N) is 2. The fourth-order valence-electron chi connectivity index (χ4n) is 3.29. The van der Waals surface area contributed by atoms with Crippen molar-refractivity contribution in [2.75, 3.05) is 18.5 Å². The van der Waals surface area contributed by atoms with Gasteiger partial charge in [0.1, 0.15) is 6.61 Å². The topological polar surface area (TPSA) is 107 Å². The van der Waals surface area contributed by atoms with Crippen LogP contribution in [0.25, 0.3) is 0 Å². The van der Waals surface area contributed by atoms with Gasteiger partial charge in [-0.1, -0.05) is 30.3 Å². The third-order valence-corrected chi connectivity index (χ3v) is 4.87. The van der Waals surface area contributed by atoms with E-state index >= 15 is 0 Å². The molecule has 1 aliphatic heterocycles. The van der Waals surface area contributed by atoms with Crippen molar-refractivity contribution >= 4 is 17.9 Å². The number of carbonyl (C=O) groups excluding carboxylic acids is 2. The van der Waals surface area contributed by atoms with Crippen LogP contribution in [0.2, 0.25) is 0 Å². The second kappa shape index (κ2) is 9.71. The lowest BCUT2D eigenvalue weighted by Gasteiger charge is -2.25. The second-order valence-corrected chi connectivity index (χ2v) is 8.10. The predicted octanol–water partition coefficient (Wildman–Crippen LogP) is 2.74. The van der Waals surface area contributed by atoms with Gasteiger partial charge in [-0.05, 0) is 32.3 Å². The minimum absolute atomic E-state index is 0.0624.